The summed E-state index contributed by atoms with van der Waals surface area (Å²) in [7, 11) is 0. The topological polar surface area (TPSA) is 136 Å². The molecule has 3 aliphatic rings. The fourth-order valence-corrected chi connectivity index (χ4v) is 5.76. The van der Waals surface area contributed by atoms with Crippen molar-refractivity contribution in [2.75, 3.05) is 0 Å². The highest BCUT2D eigenvalue weighted by atomic mass is 16.5. The standard InChI is InChI=1S/C23H33NO7/c1-13(25)15(26)8-5-6-9-17(27)31-16-12-14-19(28)24-20(29)23(14,30)22(4)11-7-10-21(2,3)18(16)22/h5-6,8-9,12-13,15-16,18-19,25-26,28,30H,7,10-11H2,1-4H3,(H,24,29)/b8-5+,9-6+/t13-,15+,16-,18+,19+,22+,23+/m1/s1. The summed E-state index contributed by atoms with van der Waals surface area (Å²) in [5, 5.41) is 43.1. The molecule has 8 heteroatoms. The molecule has 0 aromatic carbocycles. The second-order valence-corrected chi connectivity index (χ2v) is 9.82. The van der Waals surface area contributed by atoms with E-state index in [0.717, 1.165) is 12.8 Å². The first-order chi connectivity index (χ1) is 14.3. The third-order valence-corrected chi connectivity index (χ3v) is 7.25. The van der Waals surface area contributed by atoms with E-state index in [0.29, 0.717) is 6.42 Å². The van der Waals surface area contributed by atoms with Crippen molar-refractivity contribution in [2.45, 2.75) is 77.1 Å². The number of allylic oxidation sites excluding steroid dienone is 2. The fourth-order valence-electron chi connectivity index (χ4n) is 5.76. The Morgan fingerprint density at radius 1 is 1.26 bits per heavy atom. The highest BCUT2D eigenvalue weighted by molar-refractivity contribution is 5.94. The van der Waals surface area contributed by atoms with Gasteiger partial charge in [-0.3, -0.25) is 4.79 Å². The Bertz CT molecular complexity index is 830. The zero-order chi connectivity index (χ0) is 23.2. The first-order valence-corrected chi connectivity index (χ1v) is 10.7. The molecule has 7 atom stereocenters. The third-order valence-electron chi connectivity index (χ3n) is 7.25. The number of carbonyl (C=O) groups is 2. The largest absolute Gasteiger partial charge is 0.455 e. The lowest BCUT2D eigenvalue weighted by Gasteiger charge is -2.59. The van der Waals surface area contributed by atoms with Gasteiger partial charge in [-0.2, -0.15) is 0 Å². The van der Waals surface area contributed by atoms with Crippen LogP contribution in [0.15, 0.2) is 36.0 Å². The number of esters is 1. The quantitative estimate of drug-likeness (QED) is 0.186. The van der Waals surface area contributed by atoms with Gasteiger partial charge in [0.05, 0.1) is 12.2 Å². The van der Waals surface area contributed by atoms with Gasteiger partial charge in [0, 0.05) is 23.0 Å². The van der Waals surface area contributed by atoms with Crippen LogP contribution >= 0.6 is 0 Å². The molecule has 2 aliphatic carbocycles. The van der Waals surface area contributed by atoms with Gasteiger partial charge in [-0.15, -0.1) is 0 Å². The highest BCUT2D eigenvalue weighted by Crippen LogP contribution is 2.63. The number of ether oxygens (including phenoxy) is 1. The molecule has 3 rings (SSSR count). The molecule has 0 radical (unpaired) electrons. The van der Waals surface area contributed by atoms with Gasteiger partial charge in [0.1, 0.15) is 6.10 Å². The molecule has 1 saturated heterocycles. The molecule has 1 saturated carbocycles. The van der Waals surface area contributed by atoms with Gasteiger partial charge in [0.25, 0.3) is 5.91 Å². The van der Waals surface area contributed by atoms with E-state index >= 15 is 0 Å². The lowest BCUT2D eigenvalue weighted by atomic mass is 9.46. The number of hydrogen-bond donors (Lipinski definition) is 5. The summed E-state index contributed by atoms with van der Waals surface area (Å²) in [5.41, 5.74) is -2.96. The first-order valence-electron chi connectivity index (χ1n) is 10.7. The minimum absolute atomic E-state index is 0.135. The molecule has 172 valence electrons. The Balaban J connectivity index is 1.90. The Morgan fingerprint density at radius 3 is 2.58 bits per heavy atom. The van der Waals surface area contributed by atoms with E-state index in [9.17, 15) is 30.0 Å². The van der Waals surface area contributed by atoms with Crippen LogP contribution in [0.2, 0.25) is 0 Å². The van der Waals surface area contributed by atoms with Crippen LogP contribution in [0.3, 0.4) is 0 Å². The Hall–Kier alpha value is -2.00. The van der Waals surface area contributed by atoms with Crippen molar-refractivity contribution in [3.63, 3.8) is 0 Å². The zero-order valence-corrected chi connectivity index (χ0v) is 18.4. The monoisotopic (exact) mass is 435 g/mol. The molecule has 2 fully saturated rings. The van der Waals surface area contributed by atoms with Gasteiger partial charge in [0.15, 0.2) is 11.8 Å². The van der Waals surface area contributed by atoms with E-state index in [4.69, 9.17) is 4.74 Å². The molecule has 0 bridgehead atoms. The molecule has 8 nitrogen and oxygen atoms in total. The van der Waals surface area contributed by atoms with Gasteiger partial charge in [-0.25, -0.2) is 4.79 Å². The second-order valence-electron chi connectivity index (χ2n) is 9.82. The number of nitrogens with one attached hydrogen (secondary N) is 1. The van der Waals surface area contributed by atoms with Gasteiger partial charge in [-0.1, -0.05) is 45.4 Å². The van der Waals surface area contributed by atoms with Crippen LogP contribution in [-0.2, 0) is 14.3 Å². The second kappa shape index (κ2) is 8.16. The number of fused-ring (bicyclic) bond motifs is 3. The van der Waals surface area contributed by atoms with E-state index in [2.05, 4.69) is 5.32 Å². The predicted molar refractivity (Wildman–Crippen MR) is 112 cm³/mol. The minimum atomic E-state index is -1.85. The summed E-state index contributed by atoms with van der Waals surface area (Å²) in [4.78, 5) is 25.2. The minimum Gasteiger partial charge on any atom is -0.455 e. The summed E-state index contributed by atoms with van der Waals surface area (Å²) in [6.45, 7) is 7.36. The average molecular weight is 436 g/mol. The lowest BCUT2D eigenvalue weighted by molar-refractivity contribution is -0.188. The number of carbonyl (C=O) groups excluding carboxylic acids is 2. The number of amides is 1. The summed E-state index contributed by atoms with van der Waals surface area (Å²) >= 11 is 0. The number of rotatable bonds is 5. The van der Waals surface area contributed by atoms with Crippen LogP contribution in [0.5, 0.6) is 0 Å². The summed E-state index contributed by atoms with van der Waals surface area (Å²) in [6, 6.07) is 0. The Kier molecular flexibility index (Phi) is 6.23. The smallest absolute Gasteiger partial charge is 0.331 e. The fraction of sp³-hybridized carbons (Fsp3) is 0.652. The van der Waals surface area contributed by atoms with Crippen molar-refractivity contribution < 1.29 is 34.8 Å². The van der Waals surface area contributed by atoms with E-state index in [1.54, 1.807) is 0 Å². The zero-order valence-electron chi connectivity index (χ0n) is 18.4. The van der Waals surface area contributed by atoms with Gasteiger partial charge in [0.2, 0.25) is 0 Å². The Labute approximate surface area is 182 Å². The van der Waals surface area contributed by atoms with Crippen molar-refractivity contribution in [1.29, 1.82) is 0 Å². The lowest BCUT2D eigenvalue weighted by Crippen LogP contribution is -2.65. The maximum absolute atomic E-state index is 12.7. The SMILES string of the molecule is C[C@@H](O)[C@@H](O)/C=C/C=C/C(=O)O[C@@H]1C=C2[C@H](O)NC(=O)[C@]2(O)[C@@]2(C)CCCC(C)(C)[C@H]12. The van der Waals surface area contributed by atoms with Crippen LogP contribution in [0.4, 0.5) is 0 Å². The average Bonchev–Trinajstić information content (AvgIpc) is 2.88. The highest BCUT2D eigenvalue weighted by Gasteiger charge is 2.70. The number of aliphatic hydroxyl groups is 4. The van der Waals surface area contributed by atoms with E-state index in [1.807, 2.05) is 20.8 Å². The number of aliphatic hydroxyl groups excluding tert-OH is 3. The Morgan fingerprint density at radius 2 is 1.94 bits per heavy atom. The van der Waals surface area contributed by atoms with Crippen LogP contribution in [-0.4, -0.2) is 62.4 Å². The predicted octanol–water partition coefficient (Wildman–Crippen LogP) is 0.704. The maximum atomic E-state index is 12.7. The molecular formula is C23H33NO7. The molecule has 31 heavy (non-hydrogen) atoms. The number of hydrogen-bond acceptors (Lipinski definition) is 7. The molecule has 1 aliphatic heterocycles. The van der Waals surface area contributed by atoms with Gasteiger partial charge >= 0.3 is 5.97 Å². The summed E-state index contributed by atoms with van der Waals surface area (Å²) < 4.78 is 5.74. The van der Waals surface area contributed by atoms with Crippen molar-refractivity contribution in [1.82, 2.24) is 5.32 Å². The molecule has 0 spiro atoms. The van der Waals surface area contributed by atoms with E-state index < -0.39 is 47.4 Å². The van der Waals surface area contributed by atoms with Crippen LogP contribution in [0, 0.1) is 16.7 Å². The molecule has 0 aromatic rings. The first kappa shape index (κ1) is 23.7. The molecular weight excluding hydrogens is 402 g/mol. The van der Waals surface area contributed by atoms with Crippen molar-refractivity contribution in [3.05, 3.63) is 36.0 Å². The van der Waals surface area contributed by atoms with Gasteiger partial charge < -0.3 is 30.5 Å². The van der Waals surface area contributed by atoms with Crippen molar-refractivity contribution >= 4 is 11.9 Å². The molecule has 0 unspecified atom stereocenters. The molecule has 1 amide bonds. The van der Waals surface area contributed by atoms with Crippen LogP contribution < -0.4 is 5.32 Å². The summed E-state index contributed by atoms with van der Waals surface area (Å²) in [6.07, 6.45) is 5.08. The normalized spacial score (nSPS) is 38.9. The van der Waals surface area contributed by atoms with Gasteiger partial charge in [-0.05, 0) is 31.3 Å². The third kappa shape index (κ3) is 3.86. The van der Waals surface area contributed by atoms with E-state index in [1.165, 1.54) is 37.3 Å². The van der Waals surface area contributed by atoms with E-state index in [-0.39, 0.29) is 16.9 Å². The van der Waals surface area contributed by atoms with Crippen LogP contribution in [0.25, 0.3) is 0 Å². The molecule has 0 aromatic heterocycles. The molecule has 1 heterocycles. The van der Waals surface area contributed by atoms with Crippen molar-refractivity contribution in [3.8, 4) is 0 Å². The van der Waals surface area contributed by atoms with Crippen molar-refractivity contribution in [2.24, 2.45) is 16.7 Å². The molecule has 5 N–H and O–H groups in total. The maximum Gasteiger partial charge on any atom is 0.331 e. The van der Waals surface area contributed by atoms with Crippen LogP contribution in [0.1, 0.15) is 47.0 Å². The summed E-state index contributed by atoms with van der Waals surface area (Å²) in [5.74, 6) is -1.59.